The number of carbonyl (C=O) groups is 1. The minimum absolute atomic E-state index is 0.0623. The van der Waals surface area contributed by atoms with Gasteiger partial charge in [0.05, 0.1) is 17.5 Å². The maximum Gasteiger partial charge on any atom is 0.245 e. The van der Waals surface area contributed by atoms with Crippen molar-refractivity contribution in [3.05, 3.63) is 41.1 Å². The molecule has 1 aromatic carbocycles. The fourth-order valence-corrected chi connectivity index (χ4v) is 7.44. The van der Waals surface area contributed by atoms with Gasteiger partial charge in [-0.2, -0.15) is 5.10 Å². The van der Waals surface area contributed by atoms with Crippen molar-refractivity contribution >= 4 is 44.2 Å². The van der Waals surface area contributed by atoms with E-state index in [9.17, 15) is 13.2 Å². The maximum atomic E-state index is 12.7. The third kappa shape index (κ3) is 4.48. The molecule has 2 aliphatic heterocycles. The van der Waals surface area contributed by atoms with E-state index in [1.165, 1.54) is 11.8 Å². The quantitative estimate of drug-likeness (QED) is 0.764. The molecule has 1 saturated heterocycles. The zero-order valence-corrected chi connectivity index (χ0v) is 18.1. The first-order valence-corrected chi connectivity index (χ1v) is 12.0. The summed E-state index contributed by atoms with van der Waals surface area (Å²) in [6.45, 7) is 5.94. The van der Waals surface area contributed by atoms with Crippen LogP contribution >= 0.6 is 11.8 Å². The first-order chi connectivity index (χ1) is 13.7. The van der Waals surface area contributed by atoms with E-state index in [-0.39, 0.29) is 35.2 Å². The molecule has 0 unspecified atom stereocenters. The number of aliphatic imine (C=N–C) groups is 1. The number of aromatic nitrogens is 2. The minimum atomic E-state index is -3.03. The number of rotatable bonds is 4. The van der Waals surface area contributed by atoms with Gasteiger partial charge in [0, 0.05) is 22.7 Å². The number of anilines is 2. The molecule has 3 heterocycles. The number of amidine groups is 1. The van der Waals surface area contributed by atoms with Gasteiger partial charge in [-0.1, -0.05) is 17.8 Å². The van der Waals surface area contributed by atoms with Crippen LogP contribution in [0.5, 0.6) is 0 Å². The van der Waals surface area contributed by atoms with Gasteiger partial charge in [-0.3, -0.25) is 14.9 Å². The molecule has 1 amide bonds. The van der Waals surface area contributed by atoms with Crippen LogP contribution in [0.1, 0.15) is 16.8 Å². The Balaban J connectivity index is 1.60. The third-order valence-corrected chi connectivity index (χ3v) is 8.08. The largest absolute Gasteiger partial charge is 0.312 e. The van der Waals surface area contributed by atoms with Crippen LogP contribution in [0.4, 0.5) is 11.5 Å². The van der Waals surface area contributed by atoms with Crippen LogP contribution < -0.4 is 10.2 Å². The van der Waals surface area contributed by atoms with Gasteiger partial charge in [0.2, 0.25) is 5.91 Å². The number of fused-ring (bicyclic) bond motifs is 1. The molecule has 4 rings (SSSR count). The lowest BCUT2D eigenvalue weighted by atomic mass is 10.1. The Bertz CT molecular complexity index is 1070. The van der Waals surface area contributed by atoms with Crippen molar-refractivity contribution in [3.63, 3.8) is 0 Å². The summed E-state index contributed by atoms with van der Waals surface area (Å²) in [7, 11) is -3.03. The van der Waals surface area contributed by atoms with E-state index in [1.54, 1.807) is 6.07 Å². The molecule has 0 aliphatic carbocycles. The second kappa shape index (κ2) is 7.49. The SMILES string of the molecule is Cc1cc(C)cc(N(CC(=O)Nc2cc(C)[nH]n2)C2=N[C@H]3CS(=O)(=O)C[C@@H]3S2)c1. The zero-order chi connectivity index (χ0) is 20.8. The van der Waals surface area contributed by atoms with Gasteiger partial charge in [0.1, 0.15) is 6.54 Å². The number of aryl methyl sites for hydroxylation is 3. The number of hydrogen-bond acceptors (Lipinski definition) is 7. The Morgan fingerprint density at radius 3 is 2.55 bits per heavy atom. The van der Waals surface area contributed by atoms with E-state index < -0.39 is 9.84 Å². The van der Waals surface area contributed by atoms with Crippen molar-refractivity contribution < 1.29 is 13.2 Å². The molecule has 0 saturated carbocycles. The molecule has 2 aromatic rings. The van der Waals surface area contributed by atoms with Gasteiger partial charge in [0.25, 0.3) is 0 Å². The Hall–Kier alpha value is -2.33. The van der Waals surface area contributed by atoms with E-state index in [1.807, 2.05) is 37.8 Å². The van der Waals surface area contributed by atoms with E-state index in [4.69, 9.17) is 0 Å². The molecule has 29 heavy (non-hydrogen) atoms. The summed E-state index contributed by atoms with van der Waals surface area (Å²) in [5, 5.41) is 10.2. The lowest BCUT2D eigenvalue weighted by molar-refractivity contribution is -0.114. The summed E-state index contributed by atoms with van der Waals surface area (Å²) in [5.74, 6) is 0.461. The van der Waals surface area contributed by atoms with Gasteiger partial charge < -0.3 is 10.2 Å². The summed E-state index contributed by atoms with van der Waals surface area (Å²) in [4.78, 5) is 19.3. The third-order valence-electron chi connectivity index (χ3n) is 4.83. The van der Waals surface area contributed by atoms with Gasteiger partial charge in [-0.05, 0) is 44.0 Å². The lowest BCUT2D eigenvalue weighted by Gasteiger charge is -2.24. The van der Waals surface area contributed by atoms with Crippen LogP contribution in [-0.4, -0.2) is 59.0 Å². The molecule has 1 fully saturated rings. The predicted molar refractivity (Wildman–Crippen MR) is 116 cm³/mol. The Morgan fingerprint density at radius 2 is 1.93 bits per heavy atom. The molecular weight excluding hydrogens is 410 g/mol. The maximum absolute atomic E-state index is 12.7. The predicted octanol–water partition coefficient (Wildman–Crippen LogP) is 2.05. The number of nitrogens with one attached hydrogen (secondary N) is 2. The highest BCUT2D eigenvalue weighted by Crippen LogP contribution is 2.37. The molecule has 0 spiro atoms. The molecule has 10 heteroatoms. The highest BCUT2D eigenvalue weighted by Gasteiger charge is 2.44. The van der Waals surface area contributed by atoms with Crippen molar-refractivity contribution in [2.45, 2.75) is 32.1 Å². The summed E-state index contributed by atoms with van der Waals surface area (Å²) in [6, 6.07) is 7.60. The van der Waals surface area contributed by atoms with E-state index in [0.717, 1.165) is 22.5 Å². The number of aromatic amines is 1. The highest BCUT2D eigenvalue weighted by molar-refractivity contribution is 8.15. The number of hydrogen-bond donors (Lipinski definition) is 2. The Labute approximate surface area is 174 Å². The Morgan fingerprint density at radius 1 is 1.21 bits per heavy atom. The van der Waals surface area contributed by atoms with Crippen molar-refractivity contribution in [1.29, 1.82) is 0 Å². The molecule has 8 nitrogen and oxygen atoms in total. The minimum Gasteiger partial charge on any atom is -0.312 e. The molecule has 2 N–H and O–H groups in total. The first-order valence-electron chi connectivity index (χ1n) is 9.31. The standard InChI is InChI=1S/C19H23N5O3S2/c1-11-4-12(2)6-14(5-11)24(8-18(25)21-17-7-13(3)22-23-17)19-20-15-9-29(26,27)10-16(15)28-19/h4-7,15-16H,8-10H2,1-3H3,(H2,21,22,23,25)/t15-,16-/m0/s1. The Kier molecular flexibility index (Phi) is 5.16. The number of thioether (sulfide) groups is 1. The second-order valence-electron chi connectivity index (χ2n) is 7.63. The molecule has 154 valence electrons. The van der Waals surface area contributed by atoms with Gasteiger partial charge in [-0.15, -0.1) is 0 Å². The van der Waals surface area contributed by atoms with Crippen molar-refractivity contribution in [2.24, 2.45) is 4.99 Å². The molecular formula is C19H23N5O3S2. The number of amides is 1. The first kappa shape index (κ1) is 20.0. The van der Waals surface area contributed by atoms with E-state index in [2.05, 4.69) is 26.6 Å². The summed E-state index contributed by atoms with van der Waals surface area (Å²) >= 11 is 1.45. The zero-order valence-electron chi connectivity index (χ0n) is 16.5. The summed E-state index contributed by atoms with van der Waals surface area (Å²) in [6.07, 6.45) is 0. The average molecular weight is 434 g/mol. The highest BCUT2D eigenvalue weighted by atomic mass is 32.2. The molecule has 2 atom stereocenters. The van der Waals surface area contributed by atoms with Crippen molar-refractivity contribution in [1.82, 2.24) is 10.2 Å². The molecule has 0 bridgehead atoms. The number of nitrogens with zero attached hydrogens (tertiary/aromatic N) is 3. The number of benzene rings is 1. The smallest absolute Gasteiger partial charge is 0.245 e. The topological polar surface area (TPSA) is 108 Å². The van der Waals surface area contributed by atoms with E-state index in [0.29, 0.717) is 11.0 Å². The summed E-state index contributed by atoms with van der Waals surface area (Å²) in [5.41, 5.74) is 3.89. The van der Waals surface area contributed by atoms with Crippen LogP contribution in [0.15, 0.2) is 29.3 Å². The van der Waals surface area contributed by atoms with Crippen LogP contribution in [0.3, 0.4) is 0 Å². The number of carbonyl (C=O) groups excluding carboxylic acids is 1. The molecule has 2 aliphatic rings. The van der Waals surface area contributed by atoms with Crippen molar-refractivity contribution in [2.75, 3.05) is 28.3 Å². The van der Waals surface area contributed by atoms with Crippen LogP contribution in [-0.2, 0) is 14.6 Å². The normalized spacial score (nSPS) is 22.2. The number of H-pyrrole nitrogens is 1. The molecule has 0 radical (unpaired) electrons. The van der Waals surface area contributed by atoms with Crippen LogP contribution in [0.2, 0.25) is 0 Å². The van der Waals surface area contributed by atoms with Crippen molar-refractivity contribution in [3.8, 4) is 0 Å². The van der Waals surface area contributed by atoms with Crippen LogP contribution in [0, 0.1) is 20.8 Å². The van der Waals surface area contributed by atoms with Gasteiger partial charge in [0.15, 0.2) is 20.8 Å². The monoisotopic (exact) mass is 433 g/mol. The summed E-state index contributed by atoms with van der Waals surface area (Å²) < 4.78 is 23.8. The van der Waals surface area contributed by atoms with Gasteiger partial charge >= 0.3 is 0 Å². The fourth-order valence-electron chi connectivity index (χ4n) is 3.65. The molecule has 1 aromatic heterocycles. The van der Waals surface area contributed by atoms with E-state index >= 15 is 0 Å². The number of sulfone groups is 1. The fraction of sp³-hybridized carbons (Fsp3) is 0.421. The average Bonchev–Trinajstić information content (AvgIpc) is 3.24. The van der Waals surface area contributed by atoms with Gasteiger partial charge in [-0.25, -0.2) is 8.42 Å². The second-order valence-corrected chi connectivity index (χ2v) is 11.0. The van der Waals surface area contributed by atoms with Crippen LogP contribution in [0.25, 0.3) is 0 Å². The lowest BCUT2D eigenvalue weighted by Crippen LogP contribution is -2.36.